The molecule has 0 unspecified atom stereocenters. The molecule has 0 atom stereocenters. The minimum atomic E-state index is 0.333. The summed E-state index contributed by atoms with van der Waals surface area (Å²) < 4.78 is 12.4. The number of hydrogen-bond acceptors (Lipinski definition) is 2. The van der Waals surface area contributed by atoms with Gasteiger partial charge in [0, 0.05) is 12.8 Å². The van der Waals surface area contributed by atoms with Crippen LogP contribution in [0, 0.1) is 3.57 Å². The molecule has 3 heteroatoms. The van der Waals surface area contributed by atoms with Gasteiger partial charge in [0.2, 0.25) is 0 Å². The Hall–Kier alpha value is -0.290. The molecule has 14 heavy (non-hydrogen) atoms. The number of halogens is 1. The molecule has 1 aliphatic rings. The second-order valence-corrected chi connectivity index (χ2v) is 4.52. The second-order valence-electron chi connectivity index (χ2n) is 3.36. The van der Waals surface area contributed by atoms with Gasteiger partial charge >= 0.3 is 0 Å². The molecule has 0 aliphatic carbocycles. The Morgan fingerprint density at radius 3 is 2.64 bits per heavy atom. The second kappa shape index (κ2) is 4.98. The fraction of sp³-hybridized carbons (Fsp3) is 0.455. The van der Waals surface area contributed by atoms with Crippen LogP contribution in [0.25, 0.3) is 0 Å². The highest BCUT2D eigenvalue weighted by Gasteiger charge is 2.15. The molecular weight excluding hydrogens is 291 g/mol. The first kappa shape index (κ1) is 10.2. The first-order chi connectivity index (χ1) is 6.86. The molecule has 1 saturated heterocycles. The Labute approximate surface area is 97.7 Å². The van der Waals surface area contributed by atoms with Gasteiger partial charge in [0.25, 0.3) is 0 Å². The largest absolute Gasteiger partial charge is 0.489 e. The molecule has 0 aromatic heterocycles. The van der Waals surface area contributed by atoms with Gasteiger partial charge in [-0.05, 0) is 34.7 Å². The van der Waals surface area contributed by atoms with E-state index in [2.05, 4.69) is 28.7 Å². The summed E-state index contributed by atoms with van der Waals surface area (Å²) >= 11 is 2.30. The molecule has 0 N–H and O–H groups in total. The molecule has 1 aromatic rings. The summed E-state index contributed by atoms with van der Waals surface area (Å²) in [5, 5.41) is 0. The summed E-state index contributed by atoms with van der Waals surface area (Å²) in [6.45, 7) is 1.65. The lowest BCUT2D eigenvalue weighted by Gasteiger charge is -2.23. The third-order valence-electron chi connectivity index (χ3n) is 2.30. The monoisotopic (exact) mass is 304 g/mol. The van der Waals surface area contributed by atoms with Crippen molar-refractivity contribution in [1.82, 2.24) is 0 Å². The molecule has 0 radical (unpaired) electrons. The predicted molar refractivity (Wildman–Crippen MR) is 63.6 cm³/mol. The van der Waals surface area contributed by atoms with Crippen LogP contribution in [0.5, 0.6) is 5.75 Å². The van der Waals surface area contributed by atoms with Crippen molar-refractivity contribution < 1.29 is 9.47 Å². The molecule has 1 fully saturated rings. The molecule has 0 amide bonds. The third-order valence-corrected chi connectivity index (χ3v) is 3.19. The van der Waals surface area contributed by atoms with E-state index in [0.717, 1.165) is 31.8 Å². The maximum Gasteiger partial charge on any atom is 0.133 e. The standard InChI is InChI=1S/C11H13IO2/c12-10-3-1-2-4-11(10)14-9-5-7-13-8-6-9/h1-4,9H,5-8H2. The number of ether oxygens (including phenoxy) is 2. The van der Waals surface area contributed by atoms with Gasteiger partial charge in [-0.1, -0.05) is 12.1 Å². The van der Waals surface area contributed by atoms with E-state index in [9.17, 15) is 0 Å². The van der Waals surface area contributed by atoms with Crippen molar-refractivity contribution >= 4 is 22.6 Å². The fourth-order valence-corrected chi connectivity index (χ4v) is 2.03. The van der Waals surface area contributed by atoms with E-state index in [1.54, 1.807) is 0 Å². The third kappa shape index (κ3) is 2.60. The van der Waals surface area contributed by atoms with Gasteiger partial charge in [-0.3, -0.25) is 0 Å². The summed E-state index contributed by atoms with van der Waals surface area (Å²) in [5.74, 6) is 1.00. The Bertz CT molecular complexity index is 295. The molecule has 1 aromatic carbocycles. The molecule has 1 aliphatic heterocycles. The average Bonchev–Trinajstić information content (AvgIpc) is 2.23. The smallest absolute Gasteiger partial charge is 0.133 e. The van der Waals surface area contributed by atoms with E-state index in [0.29, 0.717) is 6.10 Å². The van der Waals surface area contributed by atoms with Gasteiger partial charge in [0.05, 0.1) is 16.8 Å². The van der Waals surface area contributed by atoms with Gasteiger partial charge in [-0.25, -0.2) is 0 Å². The molecule has 0 spiro atoms. The van der Waals surface area contributed by atoms with E-state index in [4.69, 9.17) is 9.47 Å². The molecule has 0 saturated carbocycles. The van der Waals surface area contributed by atoms with E-state index >= 15 is 0 Å². The van der Waals surface area contributed by atoms with Gasteiger partial charge < -0.3 is 9.47 Å². The zero-order valence-electron chi connectivity index (χ0n) is 7.91. The summed E-state index contributed by atoms with van der Waals surface area (Å²) in [7, 11) is 0. The minimum Gasteiger partial charge on any atom is -0.489 e. The van der Waals surface area contributed by atoms with Crippen LogP contribution in [0.2, 0.25) is 0 Å². The van der Waals surface area contributed by atoms with Crippen LogP contribution in [0.3, 0.4) is 0 Å². The van der Waals surface area contributed by atoms with Gasteiger partial charge in [0.1, 0.15) is 11.9 Å². The summed E-state index contributed by atoms with van der Waals surface area (Å²) in [6.07, 6.45) is 2.34. The lowest BCUT2D eigenvalue weighted by Crippen LogP contribution is -2.26. The Balaban J connectivity index is 1.99. The van der Waals surface area contributed by atoms with Crippen molar-refractivity contribution in [1.29, 1.82) is 0 Å². The highest BCUT2D eigenvalue weighted by molar-refractivity contribution is 14.1. The molecule has 0 bridgehead atoms. The topological polar surface area (TPSA) is 18.5 Å². The van der Waals surface area contributed by atoms with Crippen LogP contribution in [0.15, 0.2) is 24.3 Å². The zero-order chi connectivity index (χ0) is 9.80. The number of benzene rings is 1. The normalized spacial score (nSPS) is 18.1. The number of rotatable bonds is 2. The first-order valence-electron chi connectivity index (χ1n) is 4.85. The van der Waals surface area contributed by atoms with Crippen LogP contribution < -0.4 is 4.74 Å². The van der Waals surface area contributed by atoms with Crippen molar-refractivity contribution in [2.24, 2.45) is 0 Å². The van der Waals surface area contributed by atoms with Crippen molar-refractivity contribution in [2.45, 2.75) is 18.9 Å². The summed E-state index contributed by atoms with van der Waals surface area (Å²) in [5.41, 5.74) is 0. The summed E-state index contributed by atoms with van der Waals surface area (Å²) in [4.78, 5) is 0. The Morgan fingerprint density at radius 2 is 1.93 bits per heavy atom. The maximum absolute atomic E-state index is 5.90. The predicted octanol–water partition coefficient (Wildman–Crippen LogP) is 2.85. The van der Waals surface area contributed by atoms with Crippen LogP contribution in [0.1, 0.15) is 12.8 Å². The quantitative estimate of drug-likeness (QED) is 0.782. The van der Waals surface area contributed by atoms with Crippen LogP contribution in [0.4, 0.5) is 0 Å². The van der Waals surface area contributed by atoms with E-state index < -0.39 is 0 Å². The summed E-state index contributed by atoms with van der Waals surface area (Å²) in [6, 6.07) is 8.13. The van der Waals surface area contributed by atoms with E-state index in [1.165, 1.54) is 3.57 Å². The number of hydrogen-bond donors (Lipinski definition) is 0. The highest BCUT2D eigenvalue weighted by Crippen LogP contribution is 2.23. The van der Waals surface area contributed by atoms with E-state index in [-0.39, 0.29) is 0 Å². The van der Waals surface area contributed by atoms with Gasteiger partial charge in [-0.15, -0.1) is 0 Å². The lowest BCUT2D eigenvalue weighted by atomic mass is 10.1. The van der Waals surface area contributed by atoms with Crippen LogP contribution in [-0.2, 0) is 4.74 Å². The molecule has 1 heterocycles. The molecular formula is C11H13IO2. The Kier molecular flexibility index (Phi) is 3.64. The average molecular weight is 304 g/mol. The minimum absolute atomic E-state index is 0.333. The molecule has 2 nitrogen and oxygen atoms in total. The SMILES string of the molecule is Ic1ccccc1OC1CCOCC1. The Morgan fingerprint density at radius 1 is 1.21 bits per heavy atom. The lowest BCUT2D eigenvalue weighted by molar-refractivity contribution is 0.0252. The first-order valence-corrected chi connectivity index (χ1v) is 5.93. The van der Waals surface area contributed by atoms with Crippen molar-refractivity contribution in [3.8, 4) is 5.75 Å². The highest BCUT2D eigenvalue weighted by atomic mass is 127. The van der Waals surface area contributed by atoms with E-state index in [1.807, 2.05) is 18.2 Å². The van der Waals surface area contributed by atoms with Crippen LogP contribution >= 0.6 is 22.6 Å². The van der Waals surface area contributed by atoms with Crippen molar-refractivity contribution in [3.63, 3.8) is 0 Å². The van der Waals surface area contributed by atoms with Crippen molar-refractivity contribution in [2.75, 3.05) is 13.2 Å². The van der Waals surface area contributed by atoms with Crippen molar-refractivity contribution in [3.05, 3.63) is 27.8 Å². The van der Waals surface area contributed by atoms with Crippen LogP contribution in [-0.4, -0.2) is 19.3 Å². The van der Waals surface area contributed by atoms with Gasteiger partial charge in [-0.2, -0.15) is 0 Å². The van der Waals surface area contributed by atoms with Gasteiger partial charge in [0.15, 0.2) is 0 Å². The number of para-hydroxylation sites is 1. The molecule has 76 valence electrons. The molecule has 2 rings (SSSR count). The fourth-order valence-electron chi connectivity index (χ4n) is 1.51. The zero-order valence-corrected chi connectivity index (χ0v) is 10.1. The maximum atomic E-state index is 5.90.